The first kappa shape index (κ1) is 14.6. The molecule has 1 aliphatic rings. The molecule has 1 aromatic rings. The number of aryl methyl sites for hydroxylation is 2. The van der Waals surface area contributed by atoms with Crippen LogP contribution in [0, 0.1) is 38.5 Å². The number of hydrogen-bond donors (Lipinski definition) is 1. The van der Waals surface area contributed by atoms with Gasteiger partial charge in [-0.3, -0.25) is 0 Å². The highest BCUT2D eigenvalue weighted by Gasteiger charge is 2.32. The molecule has 0 aliphatic heterocycles. The van der Waals surface area contributed by atoms with Gasteiger partial charge >= 0.3 is 0 Å². The molecule has 2 nitrogen and oxygen atoms in total. The van der Waals surface area contributed by atoms with Crippen molar-refractivity contribution in [3.05, 3.63) is 22.6 Å². The molecule has 3 unspecified atom stereocenters. The van der Waals surface area contributed by atoms with E-state index in [1.54, 1.807) is 0 Å². The summed E-state index contributed by atoms with van der Waals surface area (Å²) in [6.07, 6.45) is 4.05. The summed E-state index contributed by atoms with van der Waals surface area (Å²) in [4.78, 5) is 0. The maximum Gasteiger partial charge on any atom is 0.106 e. The number of nitrogens with one attached hydrogen (secondary N) is 1. The van der Waals surface area contributed by atoms with Gasteiger partial charge in [0.2, 0.25) is 0 Å². The van der Waals surface area contributed by atoms with E-state index in [1.807, 2.05) is 0 Å². The topological polar surface area (TPSA) is 25.2 Å². The van der Waals surface area contributed by atoms with E-state index in [0.717, 1.165) is 29.3 Å². The lowest BCUT2D eigenvalue weighted by Gasteiger charge is -2.36. The van der Waals surface area contributed by atoms with Crippen LogP contribution in [0.2, 0.25) is 0 Å². The van der Waals surface area contributed by atoms with Gasteiger partial charge in [-0.05, 0) is 70.4 Å². The first-order valence-electron chi connectivity index (χ1n) is 7.67. The Balaban J connectivity index is 2.29. The Labute approximate surface area is 118 Å². The Morgan fingerprint density at radius 2 is 1.58 bits per heavy atom. The lowest BCUT2D eigenvalue weighted by molar-refractivity contribution is 0.179. The van der Waals surface area contributed by atoms with Gasteiger partial charge in [0.25, 0.3) is 0 Å². The zero-order valence-corrected chi connectivity index (χ0v) is 13.3. The largest absolute Gasteiger partial charge is 0.466 e. The van der Waals surface area contributed by atoms with Crippen LogP contribution in [0.4, 0.5) is 0 Å². The molecule has 1 saturated carbocycles. The molecule has 1 heterocycles. The lowest BCUT2D eigenvalue weighted by atomic mass is 9.72. The van der Waals surface area contributed by atoms with Crippen LogP contribution in [0.3, 0.4) is 0 Å². The van der Waals surface area contributed by atoms with E-state index in [9.17, 15) is 0 Å². The van der Waals surface area contributed by atoms with E-state index in [-0.39, 0.29) is 0 Å². The van der Waals surface area contributed by atoms with Crippen molar-refractivity contribution >= 4 is 0 Å². The minimum absolute atomic E-state index is 0.447. The second-order valence-electron chi connectivity index (χ2n) is 6.70. The molecule has 2 rings (SSSR count). The molecule has 0 amide bonds. The van der Waals surface area contributed by atoms with Crippen molar-refractivity contribution in [1.82, 2.24) is 5.32 Å². The zero-order chi connectivity index (χ0) is 14.2. The molecule has 108 valence electrons. The second kappa shape index (κ2) is 5.70. The minimum atomic E-state index is 0.447. The Morgan fingerprint density at radius 1 is 1.00 bits per heavy atom. The average molecular weight is 263 g/mol. The van der Waals surface area contributed by atoms with E-state index in [0.29, 0.717) is 6.04 Å². The zero-order valence-electron chi connectivity index (χ0n) is 13.3. The minimum Gasteiger partial charge on any atom is -0.466 e. The van der Waals surface area contributed by atoms with Gasteiger partial charge in [0.05, 0.1) is 0 Å². The highest BCUT2D eigenvalue weighted by atomic mass is 16.3. The van der Waals surface area contributed by atoms with Gasteiger partial charge in [-0.25, -0.2) is 0 Å². The van der Waals surface area contributed by atoms with Gasteiger partial charge in [0, 0.05) is 11.6 Å². The summed E-state index contributed by atoms with van der Waals surface area (Å²) in [5.74, 6) is 4.60. The van der Waals surface area contributed by atoms with Crippen molar-refractivity contribution in [3.8, 4) is 0 Å². The van der Waals surface area contributed by atoms with Gasteiger partial charge in [0.15, 0.2) is 0 Å². The third kappa shape index (κ3) is 2.89. The molecule has 0 aromatic carbocycles. The smallest absolute Gasteiger partial charge is 0.106 e. The van der Waals surface area contributed by atoms with Crippen LogP contribution in [-0.4, -0.2) is 7.05 Å². The van der Waals surface area contributed by atoms with Crippen molar-refractivity contribution < 1.29 is 4.42 Å². The summed E-state index contributed by atoms with van der Waals surface area (Å²) in [6, 6.07) is 0.447. The predicted molar refractivity (Wildman–Crippen MR) is 80.4 cm³/mol. The van der Waals surface area contributed by atoms with Crippen LogP contribution >= 0.6 is 0 Å². The summed E-state index contributed by atoms with van der Waals surface area (Å²) < 4.78 is 5.83. The Morgan fingerprint density at radius 3 is 2.00 bits per heavy atom. The molecule has 1 aromatic heterocycles. The summed E-state index contributed by atoms with van der Waals surface area (Å²) in [5, 5.41) is 3.56. The fourth-order valence-electron chi connectivity index (χ4n) is 4.16. The van der Waals surface area contributed by atoms with Crippen molar-refractivity contribution in [2.24, 2.45) is 17.8 Å². The van der Waals surface area contributed by atoms with E-state index in [1.165, 1.54) is 30.4 Å². The van der Waals surface area contributed by atoms with Crippen molar-refractivity contribution in [1.29, 1.82) is 0 Å². The summed E-state index contributed by atoms with van der Waals surface area (Å²) in [6.45, 7) is 11.2. The van der Waals surface area contributed by atoms with Crippen LogP contribution in [0.1, 0.15) is 61.8 Å². The van der Waals surface area contributed by atoms with E-state index < -0.39 is 0 Å². The van der Waals surface area contributed by atoms with Gasteiger partial charge in [0.1, 0.15) is 11.5 Å². The number of rotatable bonds is 3. The first-order chi connectivity index (χ1) is 8.93. The summed E-state index contributed by atoms with van der Waals surface area (Å²) in [5.41, 5.74) is 2.74. The molecule has 1 fully saturated rings. The molecule has 0 spiro atoms. The second-order valence-corrected chi connectivity index (χ2v) is 6.70. The van der Waals surface area contributed by atoms with Crippen molar-refractivity contribution in [2.75, 3.05) is 7.05 Å². The molecule has 2 heteroatoms. The summed E-state index contributed by atoms with van der Waals surface area (Å²) >= 11 is 0. The highest BCUT2D eigenvalue weighted by molar-refractivity contribution is 5.34. The SMILES string of the molecule is CNC(c1c(C)oc(C)c1C)C1CC(C)CC(C)C1. The van der Waals surface area contributed by atoms with E-state index >= 15 is 0 Å². The maximum absolute atomic E-state index is 5.83. The fourth-order valence-corrected chi connectivity index (χ4v) is 4.16. The van der Waals surface area contributed by atoms with E-state index in [4.69, 9.17) is 4.42 Å². The van der Waals surface area contributed by atoms with Crippen molar-refractivity contribution in [2.45, 2.75) is 59.9 Å². The van der Waals surface area contributed by atoms with E-state index in [2.05, 4.69) is 47.0 Å². The van der Waals surface area contributed by atoms with Crippen LogP contribution < -0.4 is 5.32 Å². The monoisotopic (exact) mass is 263 g/mol. The third-order valence-electron chi connectivity index (χ3n) is 4.93. The Bertz CT molecular complexity index is 425. The predicted octanol–water partition coefficient (Wildman–Crippen LogP) is 4.54. The molecule has 0 radical (unpaired) electrons. The van der Waals surface area contributed by atoms with Crippen LogP contribution in [0.5, 0.6) is 0 Å². The van der Waals surface area contributed by atoms with Gasteiger partial charge in [-0.1, -0.05) is 13.8 Å². The molecule has 3 atom stereocenters. The van der Waals surface area contributed by atoms with Crippen molar-refractivity contribution in [3.63, 3.8) is 0 Å². The molecule has 19 heavy (non-hydrogen) atoms. The van der Waals surface area contributed by atoms with Gasteiger partial charge < -0.3 is 9.73 Å². The third-order valence-corrected chi connectivity index (χ3v) is 4.93. The number of furan rings is 1. The normalized spacial score (nSPS) is 29.5. The average Bonchev–Trinajstić information content (AvgIpc) is 2.56. The highest BCUT2D eigenvalue weighted by Crippen LogP contribution is 2.42. The molecular formula is C17H29NO. The summed E-state index contributed by atoms with van der Waals surface area (Å²) in [7, 11) is 2.09. The lowest BCUT2D eigenvalue weighted by Crippen LogP contribution is -2.32. The molecule has 1 aliphatic carbocycles. The number of hydrogen-bond acceptors (Lipinski definition) is 2. The Hall–Kier alpha value is -0.760. The van der Waals surface area contributed by atoms with Crippen LogP contribution in [0.25, 0.3) is 0 Å². The fraction of sp³-hybridized carbons (Fsp3) is 0.765. The first-order valence-corrected chi connectivity index (χ1v) is 7.67. The standard InChI is InChI=1S/C17H29NO/c1-10-7-11(2)9-15(8-10)17(18-6)16-12(3)13(4)19-14(16)5/h10-11,15,17-18H,7-9H2,1-6H3. The Kier molecular flexibility index (Phi) is 4.39. The molecular weight excluding hydrogens is 234 g/mol. The maximum atomic E-state index is 5.83. The molecule has 0 bridgehead atoms. The molecule has 1 N–H and O–H groups in total. The van der Waals surface area contributed by atoms with Gasteiger partial charge in [-0.2, -0.15) is 0 Å². The quantitative estimate of drug-likeness (QED) is 0.866. The van der Waals surface area contributed by atoms with Crippen LogP contribution in [-0.2, 0) is 0 Å². The van der Waals surface area contributed by atoms with Crippen LogP contribution in [0.15, 0.2) is 4.42 Å². The molecule has 0 saturated heterocycles. The van der Waals surface area contributed by atoms with Gasteiger partial charge in [-0.15, -0.1) is 0 Å².